The first kappa shape index (κ1) is 18.9. The van der Waals surface area contributed by atoms with E-state index in [1.165, 1.54) is 19.2 Å². The molecule has 7 heteroatoms. The van der Waals surface area contributed by atoms with E-state index in [1.807, 2.05) is 17.4 Å². The van der Waals surface area contributed by atoms with E-state index in [2.05, 4.69) is 0 Å². The maximum absolute atomic E-state index is 12.6. The molecule has 2 rings (SSSR count). The molecule has 0 fully saturated rings. The van der Waals surface area contributed by atoms with Gasteiger partial charge in [0.15, 0.2) is 11.5 Å². The number of hydrogen-bond donors (Lipinski definition) is 1. The maximum Gasteiger partial charge on any atom is 0.416 e. The van der Waals surface area contributed by atoms with Crippen LogP contribution in [-0.4, -0.2) is 21.3 Å². The van der Waals surface area contributed by atoms with E-state index in [0.29, 0.717) is 30.3 Å². The average molecular weight is 356 g/mol. The fourth-order valence-electron chi connectivity index (χ4n) is 2.49. The van der Waals surface area contributed by atoms with Gasteiger partial charge >= 0.3 is 6.18 Å². The largest absolute Gasteiger partial charge is 0.493 e. The molecule has 4 nitrogen and oxygen atoms in total. The summed E-state index contributed by atoms with van der Waals surface area (Å²) >= 11 is 0. The van der Waals surface area contributed by atoms with Gasteiger partial charge in [0.05, 0.1) is 26.9 Å². The fourth-order valence-corrected chi connectivity index (χ4v) is 2.49. The van der Waals surface area contributed by atoms with Gasteiger partial charge in [0, 0.05) is 11.1 Å². The molecule has 0 amide bonds. The molecule has 136 valence electrons. The number of nitrogens with two attached hydrogens (primary N) is 1. The first-order chi connectivity index (χ1) is 11.9. The highest BCUT2D eigenvalue weighted by Gasteiger charge is 2.29. The van der Waals surface area contributed by atoms with Crippen molar-refractivity contribution < 1.29 is 32.7 Å². The number of benzene rings is 2. The number of rotatable bonds is 7. The van der Waals surface area contributed by atoms with Crippen LogP contribution in [0, 0.1) is 0 Å². The molecule has 0 unspecified atom stereocenters. The molecule has 2 aromatic rings. The van der Waals surface area contributed by atoms with Gasteiger partial charge in [0.2, 0.25) is 5.75 Å². The van der Waals surface area contributed by atoms with Crippen LogP contribution in [0.2, 0.25) is 0 Å². The Morgan fingerprint density at radius 3 is 1.76 bits per heavy atom. The highest BCUT2D eigenvalue weighted by molar-refractivity contribution is 5.53. The van der Waals surface area contributed by atoms with E-state index < -0.39 is 11.7 Å². The maximum atomic E-state index is 12.6. The number of hydrogen-bond acceptors (Lipinski definition) is 3. The average Bonchev–Trinajstić information content (AvgIpc) is 2.60. The van der Waals surface area contributed by atoms with Crippen molar-refractivity contribution >= 4 is 0 Å². The first-order valence-electron chi connectivity index (χ1n) is 7.65. The molecule has 0 aromatic heterocycles. The van der Waals surface area contributed by atoms with Gasteiger partial charge in [0.25, 0.3) is 0 Å². The molecule has 0 heterocycles. The van der Waals surface area contributed by atoms with E-state index in [1.54, 1.807) is 14.2 Å². The van der Waals surface area contributed by atoms with Gasteiger partial charge < -0.3 is 19.5 Å². The van der Waals surface area contributed by atoms with E-state index in [-0.39, 0.29) is 0 Å². The molecule has 0 aliphatic carbocycles. The lowest BCUT2D eigenvalue weighted by molar-refractivity contribution is -0.686. The third kappa shape index (κ3) is 4.79. The summed E-state index contributed by atoms with van der Waals surface area (Å²) in [6, 6.07) is 8.89. The number of halogens is 3. The predicted octanol–water partition coefficient (Wildman–Crippen LogP) is 2.99. The molecular formula is C18H21F3NO3+. The van der Waals surface area contributed by atoms with E-state index in [9.17, 15) is 13.2 Å². The summed E-state index contributed by atoms with van der Waals surface area (Å²) in [5.74, 6) is 1.66. The van der Waals surface area contributed by atoms with Crippen LogP contribution in [0.5, 0.6) is 17.2 Å². The van der Waals surface area contributed by atoms with E-state index in [4.69, 9.17) is 14.2 Å². The van der Waals surface area contributed by atoms with Crippen LogP contribution < -0.4 is 19.5 Å². The standard InChI is InChI=1S/C18H20F3NO3/c1-23-15-8-13(9-16(24-2)17(15)25-3)11-22-10-12-4-6-14(7-5-12)18(19,20)21/h4-9,22H,10-11H2,1-3H3/p+1. The second-order valence-electron chi connectivity index (χ2n) is 5.43. The number of alkyl halides is 3. The molecule has 0 aliphatic rings. The van der Waals surface area contributed by atoms with E-state index >= 15 is 0 Å². The minimum atomic E-state index is -4.31. The van der Waals surface area contributed by atoms with Gasteiger partial charge in [-0.25, -0.2) is 0 Å². The summed E-state index contributed by atoms with van der Waals surface area (Å²) in [6.45, 7) is 1.19. The highest BCUT2D eigenvalue weighted by atomic mass is 19.4. The molecule has 0 radical (unpaired) electrons. The van der Waals surface area contributed by atoms with Gasteiger partial charge in [-0.1, -0.05) is 12.1 Å². The predicted molar refractivity (Wildman–Crippen MR) is 86.9 cm³/mol. The lowest BCUT2D eigenvalue weighted by Crippen LogP contribution is -2.80. The summed E-state index contributed by atoms with van der Waals surface area (Å²) in [5.41, 5.74) is 1.14. The fraction of sp³-hybridized carbons (Fsp3) is 0.333. The van der Waals surface area contributed by atoms with Gasteiger partial charge in [-0.05, 0) is 24.3 Å². The van der Waals surface area contributed by atoms with Crippen molar-refractivity contribution in [1.29, 1.82) is 0 Å². The van der Waals surface area contributed by atoms with Gasteiger partial charge in [0.1, 0.15) is 13.1 Å². The minimum absolute atomic E-state index is 0.525. The summed E-state index contributed by atoms with van der Waals surface area (Å²) in [7, 11) is 4.64. The molecule has 0 atom stereocenters. The van der Waals surface area contributed by atoms with Crippen molar-refractivity contribution in [2.45, 2.75) is 19.3 Å². The second-order valence-corrected chi connectivity index (χ2v) is 5.43. The Balaban J connectivity index is 2.02. The topological polar surface area (TPSA) is 44.3 Å². The monoisotopic (exact) mass is 356 g/mol. The highest BCUT2D eigenvalue weighted by Crippen LogP contribution is 2.38. The molecule has 2 N–H and O–H groups in total. The SMILES string of the molecule is COc1cc(C[NH2+]Cc2ccc(C(F)(F)F)cc2)cc(OC)c1OC. The third-order valence-electron chi connectivity index (χ3n) is 3.77. The Kier molecular flexibility index (Phi) is 6.14. The van der Waals surface area contributed by atoms with Crippen LogP contribution in [0.3, 0.4) is 0 Å². The minimum Gasteiger partial charge on any atom is -0.493 e. The van der Waals surface area contributed by atoms with Crippen LogP contribution in [0.4, 0.5) is 13.2 Å². The Morgan fingerprint density at radius 1 is 0.800 bits per heavy atom. The summed E-state index contributed by atoms with van der Waals surface area (Å²) < 4.78 is 53.5. The number of methoxy groups -OCH3 is 3. The van der Waals surface area contributed by atoms with Crippen molar-refractivity contribution in [3.63, 3.8) is 0 Å². The zero-order valence-corrected chi connectivity index (χ0v) is 14.3. The van der Waals surface area contributed by atoms with Crippen molar-refractivity contribution in [1.82, 2.24) is 0 Å². The number of quaternary nitrogens is 1. The van der Waals surface area contributed by atoms with Crippen molar-refractivity contribution in [3.8, 4) is 17.2 Å². The molecule has 0 saturated heterocycles. The zero-order chi connectivity index (χ0) is 18.4. The summed E-state index contributed by atoms with van der Waals surface area (Å²) in [5, 5.41) is 1.99. The van der Waals surface area contributed by atoms with Gasteiger partial charge in [-0.15, -0.1) is 0 Å². The molecule has 0 saturated carbocycles. The Bertz CT molecular complexity index is 675. The van der Waals surface area contributed by atoms with Gasteiger partial charge in [-0.2, -0.15) is 13.2 Å². The van der Waals surface area contributed by atoms with Crippen molar-refractivity contribution in [2.24, 2.45) is 0 Å². The lowest BCUT2D eigenvalue weighted by atomic mass is 10.1. The summed E-state index contributed by atoms with van der Waals surface area (Å²) in [4.78, 5) is 0. The smallest absolute Gasteiger partial charge is 0.416 e. The van der Waals surface area contributed by atoms with Crippen LogP contribution >= 0.6 is 0 Å². The summed E-state index contributed by atoms with van der Waals surface area (Å²) in [6.07, 6.45) is -4.31. The zero-order valence-electron chi connectivity index (χ0n) is 14.3. The van der Waals surface area contributed by atoms with Crippen LogP contribution in [0.15, 0.2) is 36.4 Å². The molecule has 0 bridgehead atoms. The Labute approximate surface area is 144 Å². The molecular weight excluding hydrogens is 335 g/mol. The second kappa shape index (κ2) is 8.11. The number of ether oxygens (including phenoxy) is 3. The van der Waals surface area contributed by atoms with Crippen LogP contribution in [0.1, 0.15) is 16.7 Å². The normalized spacial score (nSPS) is 11.3. The Hall–Kier alpha value is -2.41. The lowest BCUT2D eigenvalue weighted by Gasteiger charge is -2.13. The van der Waals surface area contributed by atoms with E-state index in [0.717, 1.165) is 23.3 Å². The van der Waals surface area contributed by atoms with Crippen molar-refractivity contribution in [2.75, 3.05) is 21.3 Å². The molecule has 0 aliphatic heterocycles. The quantitative estimate of drug-likeness (QED) is 0.830. The third-order valence-corrected chi connectivity index (χ3v) is 3.77. The van der Waals surface area contributed by atoms with Crippen molar-refractivity contribution in [3.05, 3.63) is 53.1 Å². The van der Waals surface area contributed by atoms with Gasteiger partial charge in [-0.3, -0.25) is 0 Å². The van der Waals surface area contributed by atoms with Crippen LogP contribution in [-0.2, 0) is 19.3 Å². The Morgan fingerprint density at radius 2 is 1.32 bits per heavy atom. The molecule has 2 aromatic carbocycles. The first-order valence-corrected chi connectivity index (χ1v) is 7.65. The van der Waals surface area contributed by atoms with Crippen LogP contribution in [0.25, 0.3) is 0 Å². The molecule has 0 spiro atoms. The molecule has 25 heavy (non-hydrogen) atoms.